The summed E-state index contributed by atoms with van der Waals surface area (Å²) in [6.07, 6.45) is 3.92. The van der Waals surface area contributed by atoms with Crippen LogP contribution in [0.25, 0.3) is 0 Å². The van der Waals surface area contributed by atoms with Gasteiger partial charge in [0.05, 0.1) is 18.3 Å². The Labute approximate surface area is 96.5 Å². The predicted molar refractivity (Wildman–Crippen MR) is 63.2 cm³/mol. The lowest BCUT2D eigenvalue weighted by atomic mass is 9.80. The number of aliphatic hydroxyl groups excluding tert-OH is 1. The molecule has 0 amide bonds. The van der Waals surface area contributed by atoms with Gasteiger partial charge in [0, 0.05) is 11.2 Å². The minimum atomic E-state index is -0.408. The van der Waals surface area contributed by atoms with Gasteiger partial charge >= 0.3 is 0 Å². The number of hydrogen-bond donors (Lipinski definition) is 2. The van der Waals surface area contributed by atoms with E-state index >= 15 is 0 Å². The molecule has 1 aromatic heterocycles. The zero-order valence-corrected chi connectivity index (χ0v) is 10.1. The molecule has 0 spiro atoms. The second-order valence-electron chi connectivity index (χ2n) is 5.14. The monoisotopic (exact) mass is 223 g/mol. The van der Waals surface area contributed by atoms with Crippen molar-refractivity contribution in [3.63, 3.8) is 0 Å². The highest BCUT2D eigenvalue weighted by Gasteiger charge is 2.33. The van der Waals surface area contributed by atoms with Gasteiger partial charge in [-0.05, 0) is 45.6 Å². The average molecular weight is 223 g/mol. The zero-order chi connectivity index (χ0) is 11.8. The molecule has 0 saturated heterocycles. The molecule has 2 rings (SSSR count). The Balaban J connectivity index is 2.19. The van der Waals surface area contributed by atoms with Gasteiger partial charge in [-0.25, -0.2) is 0 Å². The molecule has 3 N–H and O–H groups in total. The molecule has 0 aliphatic heterocycles. The van der Waals surface area contributed by atoms with Crippen molar-refractivity contribution in [1.29, 1.82) is 0 Å². The van der Waals surface area contributed by atoms with Gasteiger partial charge in [0.25, 0.3) is 0 Å². The van der Waals surface area contributed by atoms with Crippen LogP contribution in [0.4, 0.5) is 0 Å². The van der Waals surface area contributed by atoms with Crippen molar-refractivity contribution in [2.24, 2.45) is 5.73 Å². The van der Waals surface area contributed by atoms with Crippen LogP contribution in [-0.2, 0) is 0 Å². The fourth-order valence-corrected chi connectivity index (χ4v) is 2.73. The third-order valence-corrected chi connectivity index (χ3v) is 3.56. The lowest BCUT2D eigenvalue weighted by Gasteiger charge is -2.37. The highest BCUT2D eigenvalue weighted by molar-refractivity contribution is 5.08. The topological polar surface area (TPSA) is 64.1 Å². The quantitative estimate of drug-likeness (QED) is 0.794. The van der Waals surface area contributed by atoms with Crippen LogP contribution in [0.1, 0.15) is 43.1 Å². The molecule has 0 radical (unpaired) electrons. The summed E-state index contributed by atoms with van der Waals surface area (Å²) < 4.78 is 2.08. The van der Waals surface area contributed by atoms with Crippen molar-refractivity contribution < 1.29 is 5.11 Å². The molecular formula is C12H21N3O. The summed E-state index contributed by atoms with van der Waals surface area (Å²) in [5.41, 5.74) is 7.98. The second-order valence-corrected chi connectivity index (χ2v) is 5.14. The summed E-state index contributed by atoms with van der Waals surface area (Å²) in [7, 11) is 0. The normalized spacial score (nSPS) is 30.6. The van der Waals surface area contributed by atoms with Gasteiger partial charge < -0.3 is 10.8 Å². The van der Waals surface area contributed by atoms with Crippen molar-refractivity contribution in [2.75, 3.05) is 6.61 Å². The van der Waals surface area contributed by atoms with Crippen molar-refractivity contribution >= 4 is 0 Å². The highest BCUT2D eigenvalue weighted by Crippen LogP contribution is 2.34. The molecule has 2 unspecified atom stereocenters. The maximum absolute atomic E-state index is 9.33. The van der Waals surface area contributed by atoms with Crippen LogP contribution in [0.5, 0.6) is 0 Å². The van der Waals surface area contributed by atoms with Crippen molar-refractivity contribution in [2.45, 2.75) is 51.1 Å². The molecule has 90 valence electrons. The first kappa shape index (κ1) is 11.6. The lowest BCUT2D eigenvalue weighted by molar-refractivity contribution is 0.126. The van der Waals surface area contributed by atoms with Crippen LogP contribution in [0.2, 0.25) is 0 Å². The van der Waals surface area contributed by atoms with Crippen LogP contribution < -0.4 is 5.73 Å². The van der Waals surface area contributed by atoms with E-state index in [9.17, 15) is 5.11 Å². The van der Waals surface area contributed by atoms with Crippen LogP contribution in [0.15, 0.2) is 6.07 Å². The summed E-state index contributed by atoms with van der Waals surface area (Å²) in [6, 6.07) is 2.44. The van der Waals surface area contributed by atoms with Crippen LogP contribution in [0, 0.1) is 13.8 Å². The largest absolute Gasteiger partial charge is 0.394 e. The zero-order valence-electron chi connectivity index (χ0n) is 10.1. The SMILES string of the molecule is Cc1cc(C)n(C2CCCC(N)(CO)C2)n1. The molecule has 1 saturated carbocycles. The van der Waals surface area contributed by atoms with E-state index in [0.29, 0.717) is 6.04 Å². The van der Waals surface area contributed by atoms with Gasteiger partial charge in [0.2, 0.25) is 0 Å². The Hall–Kier alpha value is -0.870. The van der Waals surface area contributed by atoms with E-state index in [2.05, 4.69) is 22.8 Å². The van der Waals surface area contributed by atoms with Gasteiger partial charge in [-0.2, -0.15) is 5.10 Å². The first-order valence-electron chi connectivity index (χ1n) is 5.96. The minimum Gasteiger partial charge on any atom is -0.394 e. The maximum atomic E-state index is 9.33. The van der Waals surface area contributed by atoms with Gasteiger partial charge in [0.1, 0.15) is 0 Å². The molecule has 1 aromatic rings. The molecule has 0 aromatic carbocycles. The Bertz CT molecular complexity index is 374. The molecule has 2 atom stereocenters. The van der Waals surface area contributed by atoms with E-state index in [1.807, 2.05) is 6.92 Å². The molecule has 1 aliphatic carbocycles. The fourth-order valence-electron chi connectivity index (χ4n) is 2.73. The van der Waals surface area contributed by atoms with Crippen molar-refractivity contribution in [1.82, 2.24) is 9.78 Å². The summed E-state index contributed by atoms with van der Waals surface area (Å²) in [4.78, 5) is 0. The molecule has 1 aliphatic rings. The Kier molecular flexibility index (Phi) is 3.04. The van der Waals surface area contributed by atoms with Gasteiger partial charge in [-0.1, -0.05) is 0 Å². The number of aliphatic hydroxyl groups is 1. The van der Waals surface area contributed by atoms with Gasteiger partial charge in [0.15, 0.2) is 0 Å². The highest BCUT2D eigenvalue weighted by atomic mass is 16.3. The Morgan fingerprint density at radius 3 is 2.94 bits per heavy atom. The third kappa shape index (κ3) is 2.13. The molecule has 0 bridgehead atoms. The second kappa shape index (κ2) is 4.18. The third-order valence-electron chi connectivity index (χ3n) is 3.56. The summed E-state index contributed by atoms with van der Waals surface area (Å²) >= 11 is 0. The molecule has 4 heteroatoms. The Morgan fingerprint density at radius 1 is 1.62 bits per heavy atom. The van der Waals surface area contributed by atoms with Crippen LogP contribution in [0.3, 0.4) is 0 Å². The summed E-state index contributed by atoms with van der Waals surface area (Å²) in [5, 5.41) is 13.8. The van der Waals surface area contributed by atoms with E-state index < -0.39 is 5.54 Å². The average Bonchev–Trinajstić information content (AvgIpc) is 2.58. The molecular weight excluding hydrogens is 202 g/mol. The standard InChI is InChI=1S/C12H21N3O/c1-9-6-10(2)15(14-9)11-4-3-5-12(13,7-11)8-16/h6,11,16H,3-5,7-8,13H2,1-2H3. The van der Waals surface area contributed by atoms with E-state index in [1.165, 1.54) is 5.69 Å². The number of nitrogens with zero attached hydrogens (tertiary/aromatic N) is 2. The smallest absolute Gasteiger partial charge is 0.0612 e. The first-order chi connectivity index (χ1) is 7.54. The minimum absolute atomic E-state index is 0.0722. The van der Waals surface area contributed by atoms with Crippen LogP contribution in [-0.4, -0.2) is 27.0 Å². The van der Waals surface area contributed by atoms with E-state index in [4.69, 9.17) is 5.73 Å². The fraction of sp³-hybridized carbons (Fsp3) is 0.750. The molecule has 1 heterocycles. The number of nitrogens with two attached hydrogens (primary N) is 1. The Morgan fingerprint density at radius 2 is 2.38 bits per heavy atom. The molecule has 4 nitrogen and oxygen atoms in total. The van der Waals surface area contributed by atoms with E-state index in [-0.39, 0.29) is 6.61 Å². The van der Waals surface area contributed by atoms with Crippen molar-refractivity contribution in [3.8, 4) is 0 Å². The predicted octanol–water partition coefficient (Wildman–Crippen LogP) is 1.30. The molecule has 1 fully saturated rings. The van der Waals surface area contributed by atoms with E-state index in [0.717, 1.165) is 31.4 Å². The van der Waals surface area contributed by atoms with Gasteiger partial charge in [-0.3, -0.25) is 4.68 Å². The van der Waals surface area contributed by atoms with Gasteiger partial charge in [-0.15, -0.1) is 0 Å². The summed E-state index contributed by atoms with van der Waals surface area (Å²) in [6.45, 7) is 4.16. The van der Waals surface area contributed by atoms with Crippen LogP contribution >= 0.6 is 0 Å². The number of rotatable bonds is 2. The summed E-state index contributed by atoms with van der Waals surface area (Å²) in [5.74, 6) is 0. The number of aromatic nitrogens is 2. The van der Waals surface area contributed by atoms with Crippen molar-refractivity contribution in [3.05, 3.63) is 17.5 Å². The maximum Gasteiger partial charge on any atom is 0.0612 e. The number of hydrogen-bond acceptors (Lipinski definition) is 3. The number of aryl methyl sites for hydroxylation is 2. The lowest BCUT2D eigenvalue weighted by Crippen LogP contribution is -2.48. The first-order valence-corrected chi connectivity index (χ1v) is 5.96. The van der Waals surface area contributed by atoms with E-state index in [1.54, 1.807) is 0 Å². The molecule has 16 heavy (non-hydrogen) atoms.